The SMILES string of the molecule is Cc1cc(CCCC(C)(C)C(=O)O)c(Cc2cc(CCCCC(C)(C)C(=O)O)cc(CCCCC(C)(C)C(=O)O)c2C)c(CCCC(C)(C)C(=O)O)c1C. The number of rotatable bonds is 24. The highest BCUT2D eigenvalue weighted by Gasteiger charge is 2.29. The number of unbranched alkanes of at least 4 members (excludes halogenated alkanes) is 2. The van der Waals surface area contributed by atoms with Crippen LogP contribution in [0.5, 0.6) is 0 Å². The molecule has 0 amide bonds. The van der Waals surface area contributed by atoms with E-state index in [-0.39, 0.29) is 0 Å². The van der Waals surface area contributed by atoms with Crippen LogP contribution in [-0.4, -0.2) is 44.3 Å². The van der Waals surface area contributed by atoms with Crippen LogP contribution in [0.4, 0.5) is 0 Å². The average Bonchev–Trinajstić information content (AvgIpc) is 3.06. The first-order chi connectivity index (χ1) is 24.8. The molecule has 0 bridgehead atoms. The molecule has 2 aromatic rings. The zero-order valence-corrected chi connectivity index (χ0v) is 35.3. The Bertz CT molecular complexity index is 1640. The third-order valence-corrected chi connectivity index (χ3v) is 12.0. The van der Waals surface area contributed by atoms with Crippen LogP contribution in [0.15, 0.2) is 18.2 Å². The van der Waals surface area contributed by atoms with Gasteiger partial charge in [0.2, 0.25) is 0 Å². The Morgan fingerprint density at radius 3 is 1.30 bits per heavy atom. The van der Waals surface area contributed by atoms with E-state index in [0.717, 1.165) is 64.2 Å². The zero-order chi connectivity index (χ0) is 41.2. The van der Waals surface area contributed by atoms with Crippen molar-refractivity contribution in [1.82, 2.24) is 0 Å². The average molecular weight is 751 g/mol. The monoisotopic (exact) mass is 751 g/mol. The minimum Gasteiger partial charge on any atom is -0.481 e. The van der Waals surface area contributed by atoms with Gasteiger partial charge in [0, 0.05) is 0 Å². The molecule has 0 aromatic heterocycles. The van der Waals surface area contributed by atoms with Gasteiger partial charge in [0.1, 0.15) is 0 Å². The summed E-state index contributed by atoms with van der Waals surface area (Å²) in [6, 6.07) is 6.85. The third-order valence-electron chi connectivity index (χ3n) is 12.0. The summed E-state index contributed by atoms with van der Waals surface area (Å²) in [5.41, 5.74) is 7.80. The number of hydrogen-bond acceptors (Lipinski definition) is 4. The summed E-state index contributed by atoms with van der Waals surface area (Å²) in [6.45, 7) is 20.6. The first kappa shape index (κ1) is 46.5. The first-order valence-electron chi connectivity index (χ1n) is 20.0. The highest BCUT2D eigenvalue weighted by Crippen LogP contribution is 2.34. The number of hydrogen-bond donors (Lipinski definition) is 4. The highest BCUT2D eigenvalue weighted by atomic mass is 16.4. The maximum atomic E-state index is 11.9. The van der Waals surface area contributed by atoms with Gasteiger partial charge in [-0.3, -0.25) is 19.2 Å². The molecule has 0 fully saturated rings. The Kier molecular flexibility index (Phi) is 16.6. The maximum absolute atomic E-state index is 11.9. The van der Waals surface area contributed by atoms with E-state index < -0.39 is 45.5 Å². The maximum Gasteiger partial charge on any atom is 0.309 e. The summed E-state index contributed by atoms with van der Waals surface area (Å²) in [4.78, 5) is 47.3. The van der Waals surface area contributed by atoms with Gasteiger partial charge in [0.25, 0.3) is 0 Å². The second kappa shape index (κ2) is 19.3. The van der Waals surface area contributed by atoms with E-state index in [4.69, 9.17) is 0 Å². The summed E-state index contributed by atoms with van der Waals surface area (Å²) >= 11 is 0. The first-order valence-corrected chi connectivity index (χ1v) is 20.0. The third kappa shape index (κ3) is 13.3. The molecule has 54 heavy (non-hydrogen) atoms. The Morgan fingerprint density at radius 1 is 0.444 bits per heavy atom. The fourth-order valence-corrected chi connectivity index (χ4v) is 7.22. The van der Waals surface area contributed by atoms with Gasteiger partial charge >= 0.3 is 23.9 Å². The molecule has 8 heteroatoms. The van der Waals surface area contributed by atoms with Crippen LogP contribution < -0.4 is 0 Å². The van der Waals surface area contributed by atoms with E-state index in [2.05, 4.69) is 39.0 Å². The molecule has 0 saturated carbocycles. The van der Waals surface area contributed by atoms with Crippen LogP contribution in [0, 0.1) is 42.4 Å². The van der Waals surface area contributed by atoms with Crippen molar-refractivity contribution in [2.45, 2.75) is 172 Å². The smallest absolute Gasteiger partial charge is 0.309 e. The van der Waals surface area contributed by atoms with Gasteiger partial charge in [-0.25, -0.2) is 0 Å². The lowest BCUT2D eigenvalue weighted by Gasteiger charge is -2.24. The van der Waals surface area contributed by atoms with E-state index in [1.807, 2.05) is 0 Å². The van der Waals surface area contributed by atoms with Gasteiger partial charge in [0.05, 0.1) is 21.7 Å². The summed E-state index contributed by atoms with van der Waals surface area (Å²) in [6.07, 6.45) is 10.9. The van der Waals surface area contributed by atoms with Crippen LogP contribution in [0.25, 0.3) is 0 Å². The largest absolute Gasteiger partial charge is 0.481 e. The molecule has 0 aliphatic rings. The van der Waals surface area contributed by atoms with Crippen LogP contribution in [0.1, 0.15) is 170 Å². The summed E-state index contributed by atoms with van der Waals surface area (Å²) in [5, 5.41) is 38.8. The summed E-state index contributed by atoms with van der Waals surface area (Å²) in [7, 11) is 0. The number of aryl methyl sites for hydroxylation is 4. The zero-order valence-electron chi connectivity index (χ0n) is 35.3. The number of carbonyl (C=O) groups is 4. The van der Waals surface area contributed by atoms with Crippen molar-refractivity contribution < 1.29 is 39.6 Å². The number of benzene rings is 2. The molecule has 0 spiro atoms. The molecule has 0 heterocycles. The minimum absolute atomic E-state index is 0.548. The van der Waals surface area contributed by atoms with Gasteiger partial charge in [-0.15, -0.1) is 0 Å². The number of carboxylic acid groups (broad SMARTS) is 4. The molecule has 0 aliphatic carbocycles. The van der Waals surface area contributed by atoms with Crippen molar-refractivity contribution in [2.75, 3.05) is 0 Å². The molecule has 0 saturated heterocycles. The second-order valence-corrected chi connectivity index (χ2v) is 18.5. The van der Waals surface area contributed by atoms with Crippen molar-refractivity contribution in [3.05, 3.63) is 68.3 Å². The fraction of sp³-hybridized carbons (Fsp3) is 0.652. The Morgan fingerprint density at radius 2 is 0.833 bits per heavy atom. The van der Waals surface area contributed by atoms with E-state index in [9.17, 15) is 39.6 Å². The lowest BCUT2D eigenvalue weighted by atomic mass is 9.80. The minimum atomic E-state index is -0.831. The normalized spacial score (nSPS) is 12.6. The van der Waals surface area contributed by atoms with E-state index >= 15 is 0 Å². The van der Waals surface area contributed by atoms with Crippen LogP contribution >= 0.6 is 0 Å². The van der Waals surface area contributed by atoms with Gasteiger partial charge in [-0.05, 0) is 210 Å². The van der Waals surface area contributed by atoms with Gasteiger partial charge in [-0.2, -0.15) is 0 Å². The van der Waals surface area contributed by atoms with E-state index in [0.29, 0.717) is 32.1 Å². The lowest BCUT2D eigenvalue weighted by Crippen LogP contribution is -2.24. The number of aliphatic carboxylic acids is 4. The summed E-state index contributed by atoms with van der Waals surface area (Å²) in [5.74, 6) is -3.18. The van der Waals surface area contributed by atoms with Crippen molar-refractivity contribution in [2.24, 2.45) is 21.7 Å². The van der Waals surface area contributed by atoms with Crippen molar-refractivity contribution in [3.63, 3.8) is 0 Å². The predicted molar refractivity (Wildman–Crippen MR) is 217 cm³/mol. The van der Waals surface area contributed by atoms with Crippen LogP contribution in [0.3, 0.4) is 0 Å². The van der Waals surface area contributed by atoms with Crippen molar-refractivity contribution in [1.29, 1.82) is 0 Å². The van der Waals surface area contributed by atoms with Crippen molar-refractivity contribution >= 4 is 23.9 Å². The van der Waals surface area contributed by atoms with Crippen molar-refractivity contribution in [3.8, 4) is 0 Å². The summed E-state index contributed by atoms with van der Waals surface area (Å²) < 4.78 is 0. The molecule has 0 unspecified atom stereocenters. The van der Waals surface area contributed by atoms with E-state index in [1.165, 1.54) is 50.1 Å². The Labute approximate surface area is 325 Å². The van der Waals surface area contributed by atoms with Gasteiger partial charge in [0.15, 0.2) is 0 Å². The Balaban J connectivity index is 2.61. The topological polar surface area (TPSA) is 149 Å². The quantitative estimate of drug-likeness (QED) is 0.0775. The fourth-order valence-electron chi connectivity index (χ4n) is 7.22. The Hall–Kier alpha value is -3.68. The second-order valence-electron chi connectivity index (χ2n) is 18.5. The van der Waals surface area contributed by atoms with Gasteiger partial charge < -0.3 is 20.4 Å². The molecule has 0 radical (unpaired) electrons. The number of carboxylic acids is 4. The molecule has 8 nitrogen and oxygen atoms in total. The molecule has 0 atom stereocenters. The van der Waals surface area contributed by atoms with Crippen LogP contribution in [-0.2, 0) is 51.3 Å². The molecule has 302 valence electrons. The molecular weight excluding hydrogens is 680 g/mol. The molecule has 0 aliphatic heterocycles. The highest BCUT2D eigenvalue weighted by molar-refractivity contribution is 5.74. The predicted octanol–water partition coefficient (Wildman–Crippen LogP) is 10.7. The molecule has 4 N–H and O–H groups in total. The standard InChI is InChI=1S/C46H70O8/c1-30-26-35(20-16-24-45(8,9)41(51)52)38(37(31(30)2)21-17-25-46(10,11)42(53)54)29-36-28-33(18-12-14-22-43(4,5)39(47)48)27-34(32(36)3)19-13-15-23-44(6,7)40(49)50/h26-28H,12-25,29H2,1-11H3,(H,47,48)(H,49,50)(H,51,52)(H,53,54). The molecule has 2 rings (SSSR count). The van der Waals surface area contributed by atoms with Crippen LogP contribution in [0.2, 0.25) is 0 Å². The van der Waals surface area contributed by atoms with E-state index in [1.54, 1.807) is 55.4 Å². The molecule has 2 aromatic carbocycles. The lowest BCUT2D eigenvalue weighted by molar-refractivity contribution is -0.148. The molecular formula is C46H70O8. The van der Waals surface area contributed by atoms with Gasteiger partial charge in [-0.1, -0.05) is 31.0 Å².